The van der Waals surface area contributed by atoms with Crippen LogP contribution in [-0.2, 0) is 0 Å². The van der Waals surface area contributed by atoms with Crippen LogP contribution in [-0.4, -0.2) is 15.6 Å². The second-order valence-corrected chi connectivity index (χ2v) is 5.06. The first-order valence-corrected chi connectivity index (χ1v) is 6.83. The highest BCUT2D eigenvalue weighted by atomic mass is 32.1. The molecule has 0 aliphatic rings. The van der Waals surface area contributed by atoms with Gasteiger partial charge in [0.2, 0.25) is 5.78 Å². The highest BCUT2D eigenvalue weighted by Crippen LogP contribution is 2.11. The zero-order valence-electron chi connectivity index (χ0n) is 10.4. The van der Waals surface area contributed by atoms with Gasteiger partial charge in [0.05, 0.1) is 5.69 Å². The molecule has 4 nitrogen and oxygen atoms in total. The van der Waals surface area contributed by atoms with E-state index in [0.717, 1.165) is 11.3 Å². The number of rotatable bonds is 3. The number of hydrogen-bond donors (Lipinski definition) is 0. The van der Waals surface area contributed by atoms with E-state index in [2.05, 4.69) is 5.10 Å². The Morgan fingerprint density at radius 1 is 0.950 bits per heavy atom. The Bertz CT molecular complexity index is 792. The average molecular weight is 282 g/mol. The minimum absolute atomic E-state index is 0.199. The second kappa shape index (κ2) is 5.22. The van der Waals surface area contributed by atoms with Crippen LogP contribution in [0, 0.1) is 0 Å². The van der Waals surface area contributed by atoms with E-state index in [0.29, 0.717) is 11.3 Å². The minimum atomic E-state index is -0.268. The van der Waals surface area contributed by atoms with Crippen LogP contribution in [0.5, 0.6) is 0 Å². The van der Waals surface area contributed by atoms with E-state index in [4.69, 9.17) is 0 Å². The molecule has 3 aromatic rings. The van der Waals surface area contributed by atoms with E-state index in [1.165, 1.54) is 4.68 Å². The Balaban J connectivity index is 2.02. The van der Waals surface area contributed by atoms with E-state index in [1.807, 2.05) is 24.3 Å². The van der Waals surface area contributed by atoms with Crippen LogP contribution in [0.4, 0.5) is 0 Å². The first kappa shape index (κ1) is 12.5. The molecule has 98 valence electrons. The van der Waals surface area contributed by atoms with Crippen molar-refractivity contribution >= 4 is 17.1 Å². The van der Waals surface area contributed by atoms with Crippen LogP contribution < -0.4 is 4.87 Å². The third-order valence-corrected chi connectivity index (χ3v) is 3.59. The molecule has 0 atom stereocenters. The number of aromatic nitrogens is 2. The molecular weight excluding hydrogens is 272 g/mol. The van der Waals surface area contributed by atoms with Gasteiger partial charge in [-0.25, -0.2) is 0 Å². The minimum Gasteiger partial charge on any atom is -0.286 e. The van der Waals surface area contributed by atoms with Crippen molar-refractivity contribution in [1.82, 2.24) is 9.78 Å². The first-order chi connectivity index (χ1) is 9.75. The predicted octanol–water partition coefficient (Wildman–Crippen LogP) is 2.53. The van der Waals surface area contributed by atoms with Gasteiger partial charge in [-0.05, 0) is 23.5 Å². The Hall–Kier alpha value is -2.53. The molecule has 0 N–H and O–H groups in total. The average Bonchev–Trinajstić information content (AvgIpc) is 2.90. The van der Waals surface area contributed by atoms with Crippen molar-refractivity contribution in [1.29, 1.82) is 0 Å². The Labute approximate surface area is 118 Å². The molecule has 0 saturated carbocycles. The van der Waals surface area contributed by atoms with Crippen molar-refractivity contribution in [2.45, 2.75) is 0 Å². The Kier molecular flexibility index (Phi) is 3.26. The molecule has 2 aromatic carbocycles. The number of hydrogen-bond acceptors (Lipinski definition) is 4. The van der Waals surface area contributed by atoms with Crippen LogP contribution in [0.15, 0.2) is 65.5 Å². The summed E-state index contributed by atoms with van der Waals surface area (Å²) >= 11 is 0.859. The molecule has 0 aliphatic carbocycles. The maximum atomic E-state index is 12.2. The lowest BCUT2D eigenvalue weighted by molar-refractivity contribution is 0.103. The fraction of sp³-hybridized carbons (Fsp3) is 0. The lowest BCUT2D eigenvalue weighted by Crippen LogP contribution is -2.12. The summed E-state index contributed by atoms with van der Waals surface area (Å²) < 4.78 is 1.25. The van der Waals surface area contributed by atoms with E-state index in [-0.39, 0.29) is 15.7 Å². The molecule has 1 heterocycles. The van der Waals surface area contributed by atoms with Crippen LogP contribution in [0.2, 0.25) is 0 Å². The van der Waals surface area contributed by atoms with Gasteiger partial charge in [0.1, 0.15) is 0 Å². The lowest BCUT2D eigenvalue weighted by atomic mass is 10.1. The van der Waals surface area contributed by atoms with Crippen LogP contribution >= 0.6 is 11.3 Å². The number of nitrogens with zero attached hydrogens (tertiary/aromatic N) is 2. The van der Waals surface area contributed by atoms with Gasteiger partial charge in [-0.1, -0.05) is 48.5 Å². The molecule has 20 heavy (non-hydrogen) atoms. The van der Waals surface area contributed by atoms with Crippen molar-refractivity contribution in [3.63, 3.8) is 0 Å². The zero-order chi connectivity index (χ0) is 13.9. The molecule has 0 amide bonds. The summed E-state index contributed by atoms with van der Waals surface area (Å²) in [5, 5.41) is 4.33. The molecule has 3 rings (SSSR count). The number of ketones is 1. The second-order valence-electron chi connectivity index (χ2n) is 4.12. The molecule has 0 spiro atoms. The van der Waals surface area contributed by atoms with Crippen molar-refractivity contribution in [3.05, 3.63) is 80.9 Å². The maximum absolute atomic E-state index is 12.2. The molecule has 0 unspecified atom stereocenters. The quantitative estimate of drug-likeness (QED) is 0.694. The molecule has 0 fully saturated rings. The highest BCUT2D eigenvalue weighted by Gasteiger charge is 2.16. The number of carbonyl (C=O) groups is 1. The molecule has 0 bridgehead atoms. The zero-order valence-corrected chi connectivity index (χ0v) is 11.2. The van der Waals surface area contributed by atoms with E-state index >= 15 is 0 Å². The Morgan fingerprint density at radius 2 is 1.55 bits per heavy atom. The number of carbonyl (C=O) groups excluding carboxylic acids is 1. The molecular formula is C15H10N2O2S. The van der Waals surface area contributed by atoms with E-state index in [9.17, 15) is 9.59 Å². The third-order valence-electron chi connectivity index (χ3n) is 2.78. The highest BCUT2D eigenvalue weighted by molar-refractivity contribution is 7.11. The van der Waals surface area contributed by atoms with Gasteiger partial charge in [0.25, 0.3) is 0 Å². The van der Waals surface area contributed by atoms with E-state index < -0.39 is 0 Å². The monoisotopic (exact) mass is 282 g/mol. The number of benzene rings is 2. The van der Waals surface area contributed by atoms with Crippen molar-refractivity contribution in [3.8, 4) is 5.69 Å². The summed E-state index contributed by atoms with van der Waals surface area (Å²) in [4.78, 5) is 23.9. The summed E-state index contributed by atoms with van der Waals surface area (Å²) in [6, 6.07) is 17.9. The summed E-state index contributed by atoms with van der Waals surface area (Å²) in [6.45, 7) is 0. The normalized spacial score (nSPS) is 10.4. The predicted molar refractivity (Wildman–Crippen MR) is 77.6 cm³/mol. The number of para-hydroxylation sites is 1. The summed E-state index contributed by atoms with van der Waals surface area (Å²) in [5.41, 5.74) is 1.18. The van der Waals surface area contributed by atoms with Gasteiger partial charge in [-0.15, -0.1) is 5.10 Å². The largest absolute Gasteiger partial charge is 0.330 e. The Morgan fingerprint density at radius 3 is 2.20 bits per heavy atom. The topological polar surface area (TPSA) is 52.0 Å². The summed E-state index contributed by atoms with van der Waals surface area (Å²) in [7, 11) is 0. The molecule has 0 saturated heterocycles. The summed E-state index contributed by atoms with van der Waals surface area (Å²) in [5.74, 6) is -0.234. The van der Waals surface area contributed by atoms with Gasteiger partial charge >= 0.3 is 4.87 Å². The lowest BCUT2D eigenvalue weighted by Gasteiger charge is -1.98. The van der Waals surface area contributed by atoms with Gasteiger partial charge < -0.3 is 0 Å². The molecule has 0 aliphatic heterocycles. The van der Waals surface area contributed by atoms with Gasteiger partial charge in [-0.3, -0.25) is 9.59 Å². The molecule has 5 heteroatoms. The summed E-state index contributed by atoms with van der Waals surface area (Å²) in [6.07, 6.45) is 0. The first-order valence-electron chi connectivity index (χ1n) is 6.01. The van der Waals surface area contributed by atoms with Crippen molar-refractivity contribution in [2.24, 2.45) is 0 Å². The molecule has 1 aromatic heterocycles. The van der Waals surface area contributed by atoms with Gasteiger partial charge in [0, 0.05) is 5.56 Å². The van der Waals surface area contributed by atoms with Gasteiger partial charge in [-0.2, -0.15) is 4.68 Å². The van der Waals surface area contributed by atoms with Crippen molar-refractivity contribution < 1.29 is 4.79 Å². The molecule has 0 radical (unpaired) electrons. The van der Waals surface area contributed by atoms with Gasteiger partial charge in [0.15, 0.2) is 5.01 Å². The van der Waals surface area contributed by atoms with Crippen molar-refractivity contribution in [2.75, 3.05) is 0 Å². The smallest absolute Gasteiger partial charge is 0.286 e. The third kappa shape index (κ3) is 2.31. The standard InChI is InChI=1S/C15H10N2O2S/c18-13(11-7-3-1-4-8-11)14-16-17(15(19)20-14)12-9-5-2-6-10-12/h1-10H. The SMILES string of the molecule is O=C(c1ccccc1)c1nn(-c2ccccc2)c(=O)s1. The maximum Gasteiger partial charge on any atom is 0.330 e. The van der Waals surface area contributed by atoms with Crippen LogP contribution in [0.1, 0.15) is 15.4 Å². The van der Waals surface area contributed by atoms with E-state index in [1.54, 1.807) is 36.4 Å². The fourth-order valence-electron chi connectivity index (χ4n) is 1.82. The van der Waals surface area contributed by atoms with Crippen LogP contribution in [0.3, 0.4) is 0 Å². The van der Waals surface area contributed by atoms with Crippen LogP contribution in [0.25, 0.3) is 5.69 Å². The fourth-order valence-corrected chi connectivity index (χ4v) is 2.55.